The predicted octanol–water partition coefficient (Wildman–Crippen LogP) is 7.97. The number of carboxylic acid groups (broad SMARTS) is 3. The number of hydrogen-bond acceptors (Lipinski definition) is 6. The Morgan fingerprint density at radius 1 is 0.302 bits per heavy atom. The second-order valence-corrected chi connectivity index (χ2v) is 11.9. The molecule has 0 saturated heterocycles. The molecule has 0 aromatic carbocycles. The van der Waals surface area contributed by atoms with Crippen LogP contribution < -0.4 is 15.3 Å². The molecule has 0 spiro atoms. The number of carbonyl (C=O) groups excluding carboxylic acids is 3. The minimum Gasteiger partial charge on any atom is -0.550 e. The summed E-state index contributed by atoms with van der Waals surface area (Å²) < 4.78 is 0. The van der Waals surface area contributed by atoms with Crippen molar-refractivity contribution in [1.82, 2.24) is 0 Å². The Morgan fingerprint density at radius 3 is 0.581 bits per heavy atom. The van der Waals surface area contributed by atoms with E-state index in [-0.39, 0.29) is 61.0 Å². The van der Waals surface area contributed by atoms with Gasteiger partial charge in [-0.25, -0.2) is 0 Å². The Bertz CT molecular complexity index is 480. The summed E-state index contributed by atoms with van der Waals surface area (Å²) in [5.41, 5.74) is 0. The summed E-state index contributed by atoms with van der Waals surface area (Å²) in [6, 6.07) is 0. The van der Waals surface area contributed by atoms with Crippen molar-refractivity contribution in [3.63, 3.8) is 0 Å². The van der Waals surface area contributed by atoms with E-state index in [1.54, 1.807) is 0 Å². The van der Waals surface area contributed by atoms with Crippen LogP contribution in [0.5, 0.6) is 0 Å². The number of hydrogen-bond donors (Lipinski definition) is 0. The molecule has 0 heterocycles. The van der Waals surface area contributed by atoms with Crippen molar-refractivity contribution in [3.05, 3.63) is 0 Å². The van der Waals surface area contributed by atoms with Gasteiger partial charge in [0.25, 0.3) is 0 Å². The molecule has 0 fully saturated rings. The first-order chi connectivity index (χ1) is 20.3. The molecular weight excluding hydrogens is 669 g/mol. The van der Waals surface area contributed by atoms with E-state index in [0.717, 1.165) is 38.5 Å². The van der Waals surface area contributed by atoms with Gasteiger partial charge in [0.15, 0.2) is 0 Å². The Balaban J connectivity index is -0.000000262. The third-order valence-electron chi connectivity index (χ3n) is 7.45. The summed E-state index contributed by atoms with van der Waals surface area (Å²) in [6.07, 6.45) is 33.5. The molecule has 0 aliphatic carbocycles. The summed E-state index contributed by atoms with van der Waals surface area (Å²) in [5, 5.41) is 30.3. The molecule has 1 radical (unpaired) electrons. The molecule has 253 valence electrons. The second-order valence-electron chi connectivity index (χ2n) is 11.9. The topological polar surface area (TPSA) is 120 Å². The van der Waals surface area contributed by atoms with Crippen LogP contribution in [0.4, 0.5) is 0 Å². The van der Waals surface area contributed by atoms with E-state index >= 15 is 0 Å². The first-order valence-electron chi connectivity index (χ1n) is 17.9. The third kappa shape index (κ3) is 61.5. The Hall–Kier alpha value is -0.213. The van der Waals surface area contributed by atoms with Gasteiger partial charge in [0.1, 0.15) is 0 Å². The van der Waals surface area contributed by atoms with Gasteiger partial charge in [0, 0.05) is 17.9 Å². The smallest absolute Gasteiger partial charge is 0.550 e. The van der Waals surface area contributed by atoms with Crippen molar-refractivity contribution in [3.8, 4) is 0 Å². The fourth-order valence-electron chi connectivity index (χ4n) is 4.74. The standard InChI is InChI=1S/3C12H24O2.Ce/c3*1-2-3-4-5-6-7-8-9-10-11-12(13)14;/h3*2-11H2,1H3,(H,13,14);/q;;;+3/p-3. The van der Waals surface area contributed by atoms with Gasteiger partial charge in [0.2, 0.25) is 0 Å². The van der Waals surface area contributed by atoms with Gasteiger partial charge in [-0.3, -0.25) is 0 Å². The molecule has 43 heavy (non-hydrogen) atoms. The monoisotopic (exact) mass is 737 g/mol. The number of rotatable bonds is 30. The van der Waals surface area contributed by atoms with Gasteiger partial charge in [-0.05, 0) is 38.5 Å². The molecule has 7 heteroatoms. The van der Waals surface area contributed by atoms with Crippen molar-refractivity contribution in [2.24, 2.45) is 0 Å². The quantitative estimate of drug-likeness (QED) is 0.0690. The fourth-order valence-corrected chi connectivity index (χ4v) is 4.74. The van der Waals surface area contributed by atoms with Crippen LogP contribution in [0.3, 0.4) is 0 Å². The van der Waals surface area contributed by atoms with Gasteiger partial charge < -0.3 is 29.7 Å². The van der Waals surface area contributed by atoms with Crippen molar-refractivity contribution < 1.29 is 71.5 Å². The van der Waals surface area contributed by atoms with Crippen LogP contribution in [-0.4, -0.2) is 17.9 Å². The molecule has 6 nitrogen and oxygen atoms in total. The van der Waals surface area contributed by atoms with Crippen molar-refractivity contribution >= 4 is 17.9 Å². The second kappa shape index (κ2) is 46.2. The third-order valence-corrected chi connectivity index (χ3v) is 7.45. The van der Waals surface area contributed by atoms with E-state index in [9.17, 15) is 29.7 Å². The van der Waals surface area contributed by atoms with Gasteiger partial charge in [-0.15, -0.1) is 0 Å². The maximum absolute atomic E-state index is 10.1. The van der Waals surface area contributed by atoms with Crippen molar-refractivity contribution in [1.29, 1.82) is 0 Å². The molecule has 0 aliphatic rings. The largest absolute Gasteiger partial charge is 3.00 e. The van der Waals surface area contributed by atoms with Gasteiger partial charge in [-0.1, -0.05) is 175 Å². The van der Waals surface area contributed by atoms with E-state index in [0.29, 0.717) is 0 Å². The summed E-state index contributed by atoms with van der Waals surface area (Å²) in [5.74, 6) is -2.73. The van der Waals surface area contributed by atoms with Crippen LogP contribution in [0.2, 0.25) is 0 Å². The minimum absolute atomic E-state index is 0. The Kier molecular flexibility index (Phi) is 53.4. The van der Waals surface area contributed by atoms with Gasteiger partial charge in [0.05, 0.1) is 0 Å². The summed E-state index contributed by atoms with van der Waals surface area (Å²) in [4.78, 5) is 30.3. The van der Waals surface area contributed by atoms with E-state index < -0.39 is 17.9 Å². The zero-order valence-corrected chi connectivity index (χ0v) is 31.8. The molecule has 0 aromatic heterocycles. The number of unbranched alkanes of at least 4 members (excludes halogenated alkanes) is 24. The normalized spacial score (nSPS) is 10.1. The number of aliphatic carboxylic acids is 3. The number of carboxylic acids is 3. The molecule has 0 rings (SSSR count). The van der Waals surface area contributed by atoms with E-state index in [4.69, 9.17) is 0 Å². The van der Waals surface area contributed by atoms with Crippen LogP contribution >= 0.6 is 0 Å². The molecule has 0 atom stereocenters. The molecule has 0 aliphatic heterocycles. The fraction of sp³-hybridized carbons (Fsp3) is 0.917. The van der Waals surface area contributed by atoms with Crippen LogP contribution in [-0.2, 0) is 14.4 Å². The predicted molar refractivity (Wildman–Crippen MR) is 171 cm³/mol. The zero-order chi connectivity index (χ0) is 31.9. The average Bonchev–Trinajstić information content (AvgIpc) is 2.95. The molecule has 0 aromatic rings. The first kappa shape index (κ1) is 49.7. The summed E-state index contributed by atoms with van der Waals surface area (Å²) >= 11 is 0. The Morgan fingerprint density at radius 2 is 0.442 bits per heavy atom. The van der Waals surface area contributed by atoms with Crippen LogP contribution in [0.15, 0.2) is 0 Å². The first-order valence-corrected chi connectivity index (χ1v) is 17.9. The SMILES string of the molecule is CCCCCCCCCCCC(=O)[O-].CCCCCCCCCCCC(=O)[O-].CCCCCCCCCCCC(=O)[O-].[Ce+3]. The van der Waals surface area contributed by atoms with Crippen molar-refractivity contribution in [2.75, 3.05) is 0 Å². The maximum Gasteiger partial charge on any atom is 3.00 e. The maximum atomic E-state index is 10.1. The van der Waals surface area contributed by atoms with Crippen LogP contribution in [0, 0.1) is 41.7 Å². The molecule has 0 unspecified atom stereocenters. The zero-order valence-electron chi connectivity index (χ0n) is 28.7. The van der Waals surface area contributed by atoms with E-state index in [1.807, 2.05) is 0 Å². The Labute approximate surface area is 300 Å². The average molecular weight is 738 g/mol. The molecule has 0 N–H and O–H groups in total. The molecule has 0 saturated carbocycles. The van der Waals surface area contributed by atoms with E-state index in [2.05, 4.69) is 20.8 Å². The molecular formula is C36H69CeO6. The van der Waals surface area contributed by atoms with E-state index in [1.165, 1.54) is 135 Å². The summed E-state index contributed by atoms with van der Waals surface area (Å²) in [7, 11) is 0. The van der Waals surface area contributed by atoms with Gasteiger partial charge in [-0.2, -0.15) is 0 Å². The summed E-state index contributed by atoms with van der Waals surface area (Å²) in [6.45, 7) is 6.67. The molecule has 0 bridgehead atoms. The molecule has 0 amide bonds. The van der Waals surface area contributed by atoms with Gasteiger partial charge >= 0.3 is 41.7 Å². The van der Waals surface area contributed by atoms with Crippen LogP contribution in [0.25, 0.3) is 0 Å². The van der Waals surface area contributed by atoms with Crippen molar-refractivity contribution in [2.45, 2.75) is 213 Å². The minimum atomic E-state index is -0.909. The van der Waals surface area contributed by atoms with Crippen LogP contribution in [0.1, 0.15) is 213 Å². The number of carbonyl (C=O) groups is 3.